The van der Waals surface area contributed by atoms with Crippen LogP contribution in [0, 0.1) is 12.7 Å². The van der Waals surface area contributed by atoms with E-state index in [4.69, 9.17) is 4.52 Å². The summed E-state index contributed by atoms with van der Waals surface area (Å²) < 4.78 is 21.2. The van der Waals surface area contributed by atoms with Gasteiger partial charge < -0.3 is 9.84 Å². The topological polar surface area (TPSA) is 95.0 Å². The Balaban J connectivity index is 1.75. The lowest BCUT2D eigenvalue weighted by atomic mass is 10.2. The molecule has 8 nitrogen and oxygen atoms in total. The Labute approximate surface area is 170 Å². The molecule has 0 aliphatic rings. The summed E-state index contributed by atoms with van der Waals surface area (Å²) in [5.41, 5.74) is 2.12. The Morgan fingerprint density at radius 2 is 1.90 bits per heavy atom. The third-order valence-electron chi connectivity index (χ3n) is 4.69. The Hall–Kier alpha value is -3.75. The number of nitrogens with one attached hydrogen (secondary N) is 1. The van der Waals surface area contributed by atoms with Gasteiger partial charge in [-0.2, -0.15) is 4.98 Å². The van der Waals surface area contributed by atoms with Crippen LogP contribution in [0.15, 0.2) is 51.8 Å². The molecular formula is C21H20FN5O3. The summed E-state index contributed by atoms with van der Waals surface area (Å²) in [5, 5.41) is 6.60. The second-order valence-electron chi connectivity index (χ2n) is 7.23. The number of hydrogen-bond acceptors (Lipinski definition) is 5. The molecule has 0 saturated carbocycles. The van der Waals surface area contributed by atoms with Gasteiger partial charge in [-0.25, -0.2) is 9.18 Å². The van der Waals surface area contributed by atoms with Gasteiger partial charge in [0, 0.05) is 24.2 Å². The molecule has 1 N–H and O–H groups in total. The van der Waals surface area contributed by atoms with Crippen molar-refractivity contribution in [2.75, 3.05) is 5.32 Å². The number of halogens is 1. The molecule has 9 heteroatoms. The summed E-state index contributed by atoms with van der Waals surface area (Å²) >= 11 is 0. The van der Waals surface area contributed by atoms with Crippen molar-refractivity contribution >= 4 is 22.6 Å². The minimum atomic E-state index is -0.396. The summed E-state index contributed by atoms with van der Waals surface area (Å²) in [4.78, 5) is 29.9. The first-order chi connectivity index (χ1) is 14.3. The second kappa shape index (κ2) is 7.58. The number of benzene rings is 2. The maximum atomic E-state index is 13.1. The Kier molecular flexibility index (Phi) is 4.94. The summed E-state index contributed by atoms with van der Waals surface area (Å²) in [6, 6.07) is 10.7. The smallest absolute Gasteiger partial charge is 0.329 e. The minimum absolute atomic E-state index is 0.0975. The van der Waals surface area contributed by atoms with Gasteiger partial charge in [0.15, 0.2) is 0 Å². The van der Waals surface area contributed by atoms with E-state index >= 15 is 0 Å². The van der Waals surface area contributed by atoms with E-state index < -0.39 is 11.7 Å². The van der Waals surface area contributed by atoms with E-state index in [1.54, 1.807) is 17.6 Å². The maximum absolute atomic E-state index is 13.1. The average Bonchev–Trinajstić information content (AvgIpc) is 3.25. The van der Waals surface area contributed by atoms with E-state index in [-0.39, 0.29) is 18.3 Å². The zero-order chi connectivity index (χ0) is 21.4. The van der Waals surface area contributed by atoms with Crippen molar-refractivity contribution in [1.82, 2.24) is 19.3 Å². The van der Waals surface area contributed by atoms with Crippen molar-refractivity contribution in [3.05, 3.63) is 64.7 Å². The van der Waals surface area contributed by atoms with Crippen molar-refractivity contribution in [2.45, 2.75) is 33.4 Å². The molecule has 1 amide bonds. The molecule has 0 aliphatic heterocycles. The Morgan fingerprint density at radius 1 is 1.17 bits per heavy atom. The number of rotatable bonds is 5. The first-order valence-electron chi connectivity index (χ1n) is 9.44. The van der Waals surface area contributed by atoms with Crippen LogP contribution in [0.2, 0.25) is 0 Å². The molecule has 0 bridgehead atoms. The summed E-state index contributed by atoms with van der Waals surface area (Å²) in [6.45, 7) is 5.31. The SMILES string of the molecule is Cc1nc(-c2ccc3c(c2)n(CC(=O)Nc2ccc(F)cc2)c(=O)n3C(C)C)no1. The van der Waals surface area contributed by atoms with Gasteiger partial charge in [0.05, 0.1) is 11.0 Å². The molecule has 4 aromatic rings. The Bertz CT molecular complexity index is 1280. The van der Waals surface area contributed by atoms with E-state index in [9.17, 15) is 14.0 Å². The molecule has 2 heterocycles. The van der Waals surface area contributed by atoms with Crippen LogP contribution >= 0.6 is 0 Å². The molecule has 0 spiro atoms. The molecule has 30 heavy (non-hydrogen) atoms. The number of fused-ring (bicyclic) bond motifs is 1. The monoisotopic (exact) mass is 409 g/mol. The van der Waals surface area contributed by atoms with Crippen LogP contribution in [-0.4, -0.2) is 25.2 Å². The number of aromatic nitrogens is 4. The fourth-order valence-corrected chi connectivity index (χ4v) is 3.36. The third kappa shape index (κ3) is 3.61. The minimum Gasteiger partial charge on any atom is -0.339 e. The number of imidazole rings is 1. The van der Waals surface area contributed by atoms with Crippen LogP contribution in [0.3, 0.4) is 0 Å². The van der Waals surface area contributed by atoms with Gasteiger partial charge in [-0.05, 0) is 56.3 Å². The molecule has 154 valence electrons. The predicted octanol–water partition coefficient (Wildman–Crippen LogP) is 3.52. The van der Waals surface area contributed by atoms with E-state index in [0.29, 0.717) is 34.0 Å². The molecule has 4 rings (SSSR count). The fraction of sp³-hybridized carbons (Fsp3) is 0.238. The quantitative estimate of drug-likeness (QED) is 0.544. The summed E-state index contributed by atoms with van der Waals surface area (Å²) in [7, 11) is 0. The maximum Gasteiger partial charge on any atom is 0.329 e. The molecule has 0 radical (unpaired) electrons. The van der Waals surface area contributed by atoms with Crippen molar-refractivity contribution in [3.63, 3.8) is 0 Å². The van der Waals surface area contributed by atoms with E-state index in [1.807, 2.05) is 26.0 Å². The first-order valence-corrected chi connectivity index (χ1v) is 9.44. The molecule has 2 aromatic carbocycles. The van der Waals surface area contributed by atoms with Crippen LogP contribution in [0.5, 0.6) is 0 Å². The van der Waals surface area contributed by atoms with Gasteiger partial charge in [0.2, 0.25) is 17.6 Å². The number of nitrogens with zero attached hydrogens (tertiary/aromatic N) is 4. The highest BCUT2D eigenvalue weighted by atomic mass is 19.1. The number of anilines is 1. The molecule has 0 fully saturated rings. The van der Waals surface area contributed by atoms with Crippen LogP contribution in [0.1, 0.15) is 25.8 Å². The number of carbonyl (C=O) groups excluding carboxylic acids is 1. The number of carbonyl (C=O) groups is 1. The summed E-state index contributed by atoms with van der Waals surface area (Å²) in [6.07, 6.45) is 0. The van der Waals surface area contributed by atoms with Crippen molar-refractivity contribution < 1.29 is 13.7 Å². The van der Waals surface area contributed by atoms with Crippen molar-refractivity contribution in [3.8, 4) is 11.4 Å². The van der Waals surface area contributed by atoms with Gasteiger partial charge in [-0.15, -0.1) is 0 Å². The average molecular weight is 409 g/mol. The van der Waals surface area contributed by atoms with Crippen LogP contribution < -0.4 is 11.0 Å². The van der Waals surface area contributed by atoms with E-state index in [1.165, 1.54) is 28.8 Å². The van der Waals surface area contributed by atoms with Gasteiger partial charge in [0.1, 0.15) is 12.4 Å². The standard InChI is InChI=1S/C21H20FN5O3/c1-12(2)27-17-9-4-14(20-23-13(3)30-25-20)10-18(17)26(21(27)29)11-19(28)24-16-7-5-15(22)6-8-16/h4-10,12H,11H2,1-3H3,(H,24,28). The highest BCUT2D eigenvalue weighted by Crippen LogP contribution is 2.24. The largest absolute Gasteiger partial charge is 0.339 e. The van der Waals surface area contributed by atoms with Crippen molar-refractivity contribution in [1.29, 1.82) is 0 Å². The van der Waals surface area contributed by atoms with Crippen LogP contribution in [0.25, 0.3) is 22.4 Å². The lowest BCUT2D eigenvalue weighted by Gasteiger charge is -2.07. The van der Waals surface area contributed by atoms with Gasteiger partial charge in [0.25, 0.3) is 0 Å². The Morgan fingerprint density at radius 3 is 2.53 bits per heavy atom. The van der Waals surface area contributed by atoms with Crippen molar-refractivity contribution in [2.24, 2.45) is 0 Å². The normalized spacial score (nSPS) is 11.4. The molecule has 0 atom stereocenters. The number of amides is 1. The molecular weight excluding hydrogens is 389 g/mol. The highest BCUT2D eigenvalue weighted by molar-refractivity contribution is 5.92. The fourth-order valence-electron chi connectivity index (χ4n) is 3.36. The van der Waals surface area contributed by atoms with E-state index in [0.717, 1.165) is 0 Å². The van der Waals surface area contributed by atoms with E-state index in [2.05, 4.69) is 15.5 Å². The third-order valence-corrected chi connectivity index (χ3v) is 4.69. The zero-order valence-corrected chi connectivity index (χ0v) is 16.7. The molecule has 0 saturated heterocycles. The number of aryl methyl sites for hydroxylation is 1. The lowest BCUT2D eigenvalue weighted by Crippen LogP contribution is -2.30. The summed E-state index contributed by atoms with van der Waals surface area (Å²) in [5.74, 6) is 0.0446. The second-order valence-corrected chi connectivity index (χ2v) is 7.23. The number of hydrogen-bond donors (Lipinski definition) is 1. The molecule has 2 aromatic heterocycles. The van der Waals surface area contributed by atoms with Crippen LogP contribution in [-0.2, 0) is 11.3 Å². The molecule has 0 unspecified atom stereocenters. The first kappa shape index (κ1) is 19.6. The zero-order valence-electron chi connectivity index (χ0n) is 16.7. The molecule has 0 aliphatic carbocycles. The van der Waals surface area contributed by atoms with Gasteiger partial charge in [-0.1, -0.05) is 5.16 Å². The lowest BCUT2D eigenvalue weighted by molar-refractivity contribution is -0.116. The highest BCUT2D eigenvalue weighted by Gasteiger charge is 2.19. The van der Waals surface area contributed by atoms with Crippen LogP contribution in [0.4, 0.5) is 10.1 Å². The predicted molar refractivity (Wildman–Crippen MR) is 110 cm³/mol. The van der Waals surface area contributed by atoms with Gasteiger partial charge in [-0.3, -0.25) is 13.9 Å². The van der Waals surface area contributed by atoms with Gasteiger partial charge >= 0.3 is 5.69 Å².